The molecule has 1 saturated heterocycles. The van der Waals surface area contributed by atoms with E-state index in [1.807, 2.05) is 0 Å². The van der Waals surface area contributed by atoms with Gasteiger partial charge in [0.15, 0.2) is 29.7 Å². The second kappa shape index (κ2) is 8.42. The molecule has 1 fully saturated rings. The first kappa shape index (κ1) is 22.6. The van der Waals surface area contributed by atoms with E-state index in [-0.39, 0.29) is 16.9 Å². The third-order valence-corrected chi connectivity index (χ3v) is 5.25. The SMILES string of the molecule is O=c1c(OC2C(O)OC(CO)C(O)C2O)c(-c2ccc(O)c(O)c2)oc2cc(O)cc(O)c12. The molecule has 12 nitrogen and oxygen atoms in total. The molecule has 2 heterocycles. The van der Waals surface area contributed by atoms with Gasteiger partial charge in [0.25, 0.3) is 0 Å². The van der Waals surface area contributed by atoms with Gasteiger partial charge < -0.3 is 54.7 Å². The topological polar surface area (TPSA) is 211 Å². The van der Waals surface area contributed by atoms with Crippen LogP contribution in [0.4, 0.5) is 0 Å². The van der Waals surface area contributed by atoms with Crippen molar-refractivity contribution in [3.63, 3.8) is 0 Å². The van der Waals surface area contributed by atoms with Crippen molar-refractivity contribution in [3.8, 4) is 40.1 Å². The van der Waals surface area contributed by atoms with Crippen molar-refractivity contribution in [2.24, 2.45) is 0 Å². The van der Waals surface area contributed by atoms with Gasteiger partial charge in [-0.2, -0.15) is 0 Å². The molecule has 3 aromatic rings. The zero-order valence-corrected chi connectivity index (χ0v) is 16.7. The van der Waals surface area contributed by atoms with Crippen LogP contribution in [0.2, 0.25) is 0 Å². The minimum absolute atomic E-state index is 0.0108. The average Bonchev–Trinajstić information content (AvgIpc) is 2.76. The Balaban J connectivity index is 1.91. The quantitative estimate of drug-likeness (QED) is 0.229. The summed E-state index contributed by atoms with van der Waals surface area (Å²) in [6.07, 6.45) is -8.42. The molecule has 0 amide bonds. The first-order valence-corrected chi connectivity index (χ1v) is 9.64. The van der Waals surface area contributed by atoms with Crippen LogP contribution in [-0.4, -0.2) is 78.2 Å². The summed E-state index contributed by atoms with van der Waals surface area (Å²) in [5.74, 6) is -3.10. The summed E-state index contributed by atoms with van der Waals surface area (Å²) < 4.78 is 16.2. The number of hydrogen-bond acceptors (Lipinski definition) is 12. The van der Waals surface area contributed by atoms with Crippen molar-refractivity contribution in [1.29, 1.82) is 0 Å². The summed E-state index contributed by atoms with van der Waals surface area (Å²) in [6, 6.07) is 5.33. The minimum Gasteiger partial charge on any atom is -0.508 e. The molecule has 5 atom stereocenters. The Bertz CT molecular complexity index is 1250. The Morgan fingerprint density at radius 2 is 1.64 bits per heavy atom. The third-order valence-electron chi connectivity index (χ3n) is 5.25. The molecule has 0 saturated carbocycles. The Morgan fingerprint density at radius 1 is 0.909 bits per heavy atom. The molecule has 33 heavy (non-hydrogen) atoms. The van der Waals surface area contributed by atoms with Crippen LogP contribution in [0.5, 0.6) is 28.7 Å². The molecule has 2 aromatic carbocycles. The Kier molecular flexibility index (Phi) is 5.78. The van der Waals surface area contributed by atoms with Gasteiger partial charge in [-0.15, -0.1) is 0 Å². The van der Waals surface area contributed by atoms with Crippen LogP contribution in [0.25, 0.3) is 22.3 Å². The van der Waals surface area contributed by atoms with Crippen LogP contribution < -0.4 is 10.2 Å². The van der Waals surface area contributed by atoms with Gasteiger partial charge in [0.1, 0.15) is 40.8 Å². The van der Waals surface area contributed by atoms with E-state index in [0.717, 1.165) is 24.3 Å². The maximum atomic E-state index is 13.3. The Labute approximate surface area is 184 Å². The molecule has 8 N–H and O–H groups in total. The number of phenols is 4. The fraction of sp³-hybridized carbons (Fsp3) is 0.286. The fourth-order valence-corrected chi connectivity index (χ4v) is 3.57. The Morgan fingerprint density at radius 3 is 2.30 bits per heavy atom. The molecular formula is C21H20O12. The average molecular weight is 464 g/mol. The predicted molar refractivity (Wildman–Crippen MR) is 109 cm³/mol. The molecule has 0 radical (unpaired) electrons. The van der Waals surface area contributed by atoms with Gasteiger partial charge in [-0.1, -0.05) is 0 Å². The maximum absolute atomic E-state index is 13.3. The van der Waals surface area contributed by atoms with Gasteiger partial charge in [-0.25, -0.2) is 0 Å². The molecule has 1 aliphatic rings. The number of aliphatic hydroxyl groups excluding tert-OH is 4. The lowest BCUT2D eigenvalue weighted by Crippen LogP contribution is -2.60. The summed E-state index contributed by atoms with van der Waals surface area (Å²) in [7, 11) is 0. The molecule has 5 unspecified atom stereocenters. The van der Waals surface area contributed by atoms with E-state index >= 15 is 0 Å². The second-order valence-electron chi connectivity index (χ2n) is 7.44. The molecule has 0 aliphatic carbocycles. The molecule has 4 rings (SSSR count). The number of fused-ring (bicyclic) bond motifs is 1. The lowest BCUT2D eigenvalue weighted by Gasteiger charge is -2.39. The minimum atomic E-state index is -1.88. The predicted octanol–water partition coefficient (Wildman–Crippen LogP) is -0.539. The number of benzene rings is 2. The van der Waals surface area contributed by atoms with Crippen LogP contribution in [0, 0.1) is 0 Å². The normalized spacial score (nSPS) is 25.3. The van der Waals surface area contributed by atoms with E-state index in [1.165, 1.54) is 6.07 Å². The maximum Gasteiger partial charge on any atom is 0.239 e. The first-order chi connectivity index (χ1) is 15.6. The number of aromatic hydroxyl groups is 4. The van der Waals surface area contributed by atoms with E-state index in [2.05, 4.69) is 0 Å². The van der Waals surface area contributed by atoms with E-state index in [0.29, 0.717) is 0 Å². The fourth-order valence-electron chi connectivity index (χ4n) is 3.57. The van der Waals surface area contributed by atoms with Gasteiger partial charge in [-0.05, 0) is 18.2 Å². The largest absolute Gasteiger partial charge is 0.508 e. The number of hydrogen-bond donors (Lipinski definition) is 8. The van der Waals surface area contributed by atoms with Crippen LogP contribution in [-0.2, 0) is 4.74 Å². The van der Waals surface area contributed by atoms with Gasteiger partial charge >= 0.3 is 0 Å². The standard InChI is InChI=1S/C21H20O12/c22-6-13-15(27)17(29)20(21(30)32-13)33-19-16(28)14-11(26)4-8(23)5-12(14)31-18(19)7-1-2-9(24)10(25)3-7/h1-5,13,15,17,20-27,29-30H,6H2. The molecular weight excluding hydrogens is 444 g/mol. The number of ether oxygens (including phenoxy) is 2. The smallest absolute Gasteiger partial charge is 0.239 e. The highest BCUT2D eigenvalue weighted by Gasteiger charge is 2.46. The van der Waals surface area contributed by atoms with E-state index in [9.17, 15) is 45.6 Å². The van der Waals surface area contributed by atoms with Crippen molar-refractivity contribution in [1.82, 2.24) is 0 Å². The highest BCUT2D eigenvalue weighted by molar-refractivity contribution is 5.88. The summed E-state index contributed by atoms with van der Waals surface area (Å²) >= 11 is 0. The Hall–Kier alpha value is -3.55. The molecule has 0 bridgehead atoms. The van der Waals surface area contributed by atoms with Gasteiger partial charge in [0.2, 0.25) is 11.2 Å². The highest BCUT2D eigenvalue weighted by atomic mass is 16.7. The summed E-state index contributed by atoms with van der Waals surface area (Å²) in [4.78, 5) is 13.3. The van der Waals surface area contributed by atoms with Crippen molar-refractivity contribution in [2.75, 3.05) is 6.61 Å². The summed E-state index contributed by atoms with van der Waals surface area (Å²) in [6.45, 7) is -0.713. The van der Waals surface area contributed by atoms with Gasteiger partial charge in [0.05, 0.1) is 6.61 Å². The van der Waals surface area contributed by atoms with E-state index in [1.54, 1.807) is 0 Å². The van der Waals surface area contributed by atoms with E-state index < -0.39 is 76.9 Å². The summed E-state index contributed by atoms with van der Waals surface area (Å²) in [5.41, 5.74) is -1.22. The lowest BCUT2D eigenvalue weighted by atomic mass is 9.99. The molecule has 1 aliphatic heterocycles. The monoisotopic (exact) mass is 464 g/mol. The molecule has 12 heteroatoms. The van der Waals surface area contributed by atoms with Crippen LogP contribution >= 0.6 is 0 Å². The molecule has 176 valence electrons. The van der Waals surface area contributed by atoms with Crippen LogP contribution in [0.15, 0.2) is 39.5 Å². The van der Waals surface area contributed by atoms with Crippen molar-refractivity contribution in [3.05, 3.63) is 40.6 Å². The molecule has 1 aromatic heterocycles. The van der Waals surface area contributed by atoms with Crippen molar-refractivity contribution < 1.29 is 54.7 Å². The second-order valence-corrected chi connectivity index (χ2v) is 7.44. The highest BCUT2D eigenvalue weighted by Crippen LogP contribution is 2.39. The number of aliphatic hydroxyl groups is 4. The van der Waals surface area contributed by atoms with Gasteiger partial charge in [-0.3, -0.25) is 4.79 Å². The van der Waals surface area contributed by atoms with Crippen molar-refractivity contribution >= 4 is 11.0 Å². The van der Waals surface area contributed by atoms with Crippen LogP contribution in [0.3, 0.4) is 0 Å². The first-order valence-electron chi connectivity index (χ1n) is 9.64. The van der Waals surface area contributed by atoms with Gasteiger partial charge in [0, 0.05) is 17.7 Å². The zero-order chi connectivity index (χ0) is 24.0. The lowest BCUT2D eigenvalue weighted by molar-refractivity contribution is -0.280. The van der Waals surface area contributed by atoms with Crippen LogP contribution in [0.1, 0.15) is 0 Å². The third kappa shape index (κ3) is 3.90. The number of phenolic OH excluding ortho intramolecular Hbond substituents is 4. The summed E-state index contributed by atoms with van der Waals surface area (Å²) in [5, 5.41) is 79.0. The van der Waals surface area contributed by atoms with E-state index in [4.69, 9.17) is 13.9 Å². The zero-order valence-electron chi connectivity index (χ0n) is 16.7. The van der Waals surface area contributed by atoms with Crippen molar-refractivity contribution in [2.45, 2.75) is 30.7 Å². The molecule has 0 spiro atoms. The number of rotatable bonds is 4.